The summed E-state index contributed by atoms with van der Waals surface area (Å²) < 4.78 is 0. The van der Waals surface area contributed by atoms with Crippen LogP contribution >= 0.6 is 0 Å². The highest BCUT2D eigenvalue weighted by Gasteiger charge is 2.31. The zero-order valence-corrected chi connectivity index (χ0v) is 13.7. The van der Waals surface area contributed by atoms with E-state index in [0.717, 1.165) is 11.2 Å². The second kappa shape index (κ2) is 5.89. The third-order valence-electron chi connectivity index (χ3n) is 4.65. The van der Waals surface area contributed by atoms with E-state index in [4.69, 9.17) is 0 Å². The van der Waals surface area contributed by atoms with Crippen LogP contribution in [-0.4, -0.2) is 4.98 Å². The summed E-state index contributed by atoms with van der Waals surface area (Å²) in [6, 6.07) is 29.4. The number of rotatable bonds is 4. The van der Waals surface area contributed by atoms with Gasteiger partial charge in [0.25, 0.3) is 0 Å². The van der Waals surface area contributed by atoms with Crippen LogP contribution in [0.3, 0.4) is 0 Å². The van der Waals surface area contributed by atoms with Gasteiger partial charge in [-0.3, -0.25) is 0 Å². The Morgan fingerprint density at radius 3 is 2.12 bits per heavy atom. The quantitative estimate of drug-likeness (QED) is 0.508. The van der Waals surface area contributed by atoms with E-state index in [1.165, 1.54) is 16.5 Å². The molecule has 0 aliphatic heterocycles. The largest absolute Gasteiger partial charge is 0.372 e. The van der Waals surface area contributed by atoms with E-state index in [1.54, 1.807) is 0 Å². The zero-order valence-electron chi connectivity index (χ0n) is 13.7. The predicted octanol–water partition coefficient (Wildman–Crippen LogP) is 5.54. The molecule has 0 bridgehead atoms. The fourth-order valence-electron chi connectivity index (χ4n) is 3.36. The van der Waals surface area contributed by atoms with Crippen molar-refractivity contribution in [3.05, 3.63) is 102 Å². The number of benzene rings is 3. The lowest BCUT2D eigenvalue weighted by molar-refractivity contribution is 0.666. The van der Waals surface area contributed by atoms with Crippen LogP contribution in [0.25, 0.3) is 10.9 Å². The van der Waals surface area contributed by atoms with Crippen molar-refractivity contribution < 1.29 is 0 Å². The van der Waals surface area contributed by atoms with Crippen molar-refractivity contribution in [3.8, 4) is 0 Å². The molecular formula is C22H20N2. The molecule has 0 aliphatic carbocycles. The molecular weight excluding hydrogens is 292 g/mol. The highest BCUT2D eigenvalue weighted by Crippen LogP contribution is 2.37. The molecule has 1 unspecified atom stereocenters. The molecule has 1 atom stereocenters. The van der Waals surface area contributed by atoms with Gasteiger partial charge >= 0.3 is 0 Å². The number of H-pyrrole nitrogens is 1. The minimum Gasteiger partial charge on any atom is -0.372 e. The van der Waals surface area contributed by atoms with E-state index in [0.29, 0.717) is 0 Å². The maximum Gasteiger partial charge on any atom is 0.0871 e. The standard InChI is InChI=1S/C22H20N2/c1-22(17-10-4-2-5-11-17,24-18-12-6-3-7-13-18)20-16-23-21-15-9-8-14-19(20)21/h2-16,23-24H,1H3. The Morgan fingerprint density at radius 2 is 1.38 bits per heavy atom. The van der Waals surface area contributed by atoms with Crippen LogP contribution in [0.4, 0.5) is 5.69 Å². The third-order valence-corrected chi connectivity index (χ3v) is 4.65. The van der Waals surface area contributed by atoms with Crippen LogP contribution < -0.4 is 5.32 Å². The Hall–Kier alpha value is -3.00. The maximum atomic E-state index is 3.75. The molecule has 0 aliphatic rings. The fraction of sp³-hybridized carbons (Fsp3) is 0.0909. The molecule has 0 amide bonds. The van der Waals surface area contributed by atoms with E-state index >= 15 is 0 Å². The van der Waals surface area contributed by atoms with Crippen LogP contribution in [0, 0.1) is 0 Å². The lowest BCUT2D eigenvalue weighted by Gasteiger charge is -2.33. The summed E-state index contributed by atoms with van der Waals surface area (Å²) in [4.78, 5) is 3.41. The number of hydrogen-bond acceptors (Lipinski definition) is 1. The minimum absolute atomic E-state index is 0.331. The average Bonchev–Trinajstić information content (AvgIpc) is 3.08. The van der Waals surface area contributed by atoms with Gasteiger partial charge in [-0.2, -0.15) is 0 Å². The first-order valence-corrected chi connectivity index (χ1v) is 8.23. The number of anilines is 1. The molecule has 1 heterocycles. The molecule has 0 radical (unpaired) electrons. The van der Waals surface area contributed by atoms with E-state index in [2.05, 4.69) is 102 Å². The molecule has 0 fully saturated rings. The minimum atomic E-state index is -0.331. The normalized spacial score (nSPS) is 13.5. The Bertz CT molecular complexity index is 941. The Morgan fingerprint density at radius 1 is 0.750 bits per heavy atom. The maximum absolute atomic E-state index is 3.75. The molecule has 2 nitrogen and oxygen atoms in total. The van der Waals surface area contributed by atoms with Crippen molar-refractivity contribution in [2.24, 2.45) is 0 Å². The number of aromatic nitrogens is 1. The van der Waals surface area contributed by atoms with Gasteiger partial charge in [0.1, 0.15) is 0 Å². The van der Waals surface area contributed by atoms with E-state index in [1.807, 2.05) is 6.07 Å². The Kier molecular flexibility index (Phi) is 3.58. The first-order chi connectivity index (χ1) is 11.8. The number of fused-ring (bicyclic) bond motifs is 1. The van der Waals surface area contributed by atoms with Crippen molar-refractivity contribution in [2.75, 3.05) is 5.32 Å². The van der Waals surface area contributed by atoms with Gasteiger partial charge in [0, 0.05) is 28.4 Å². The van der Waals surface area contributed by atoms with Crippen molar-refractivity contribution >= 4 is 16.6 Å². The molecule has 0 saturated heterocycles. The lowest BCUT2D eigenvalue weighted by Crippen LogP contribution is -2.33. The van der Waals surface area contributed by atoms with Gasteiger partial charge in [-0.15, -0.1) is 0 Å². The topological polar surface area (TPSA) is 27.8 Å². The van der Waals surface area contributed by atoms with Crippen LogP contribution in [0.15, 0.2) is 91.1 Å². The summed E-state index contributed by atoms with van der Waals surface area (Å²) in [5, 5.41) is 4.99. The molecule has 118 valence electrons. The number of para-hydroxylation sites is 2. The number of hydrogen-bond donors (Lipinski definition) is 2. The van der Waals surface area contributed by atoms with E-state index < -0.39 is 0 Å². The molecule has 0 saturated carbocycles. The lowest BCUT2D eigenvalue weighted by atomic mass is 9.84. The second-order valence-electron chi connectivity index (χ2n) is 6.23. The Balaban J connectivity index is 1.90. The summed E-state index contributed by atoms with van der Waals surface area (Å²) in [5.41, 5.74) is 4.41. The first-order valence-electron chi connectivity index (χ1n) is 8.23. The van der Waals surface area contributed by atoms with Gasteiger partial charge in [-0.25, -0.2) is 0 Å². The summed E-state index contributed by atoms with van der Waals surface area (Å²) >= 11 is 0. The monoisotopic (exact) mass is 312 g/mol. The van der Waals surface area contributed by atoms with Gasteiger partial charge in [0.05, 0.1) is 5.54 Å². The summed E-state index contributed by atoms with van der Waals surface area (Å²) in [6.45, 7) is 2.24. The predicted molar refractivity (Wildman–Crippen MR) is 101 cm³/mol. The van der Waals surface area contributed by atoms with Crippen LogP contribution in [0.1, 0.15) is 18.1 Å². The SMILES string of the molecule is CC(Nc1ccccc1)(c1ccccc1)c1c[nH]c2ccccc12. The van der Waals surface area contributed by atoms with Gasteiger partial charge in [0.15, 0.2) is 0 Å². The summed E-state index contributed by atoms with van der Waals surface area (Å²) in [7, 11) is 0. The van der Waals surface area contributed by atoms with Gasteiger partial charge in [-0.1, -0.05) is 66.7 Å². The highest BCUT2D eigenvalue weighted by atomic mass is 15.0. The molecule has 1 aromatic heterocycles. The molecule has 4 rings (SSSR count). The molecule has 3 aromatic carbocycles. The van der Waals surface area contributed by atoms with E-state index in [-0.39, 0.29) is 5.54 Å². The summed E-state index contributed by atoms with van der Waals surface area (Å²) in [6.07, 6.45) is 2.12. The van der Waals surface area contributed by atoms with Gasteiger partial charge in [-0.05, 0) is 30.7 Å². The van der Waals surface area contributed by atoms with Crippen molar-refractivity contribution in [1.82, 2.24) is 4.98 Å². The van der Waals surface area contributed by atoms with Crippen molar-refractivity contribution in [1.29, 1.82) is 0 Å². The van der Waals surface area contributed by atoms with Gasteiger partial charge < -0.3 is 10.3 Å². The van der Waals surface area contributed by atoms with Crippen molar-refractivity contribution in [2.45, 2.75) is 12.5 Å². The summed E-state index contributed by atoms with van der Waals surface area (Å²) in [5.74, 6) is 0. The number of nitrogens with one attached hydrogen (secondary N) is 2. The van der Waals surface area contributed by atoms with Crippen LogP contribution in [-0.2, 0) is 5.54 Å². The number of aromatic amines is 1. The van der Waals surface area contributed by atoms with E-state index in [9.17, 15) is 0 Å². The molecule has 0 spiro atoms. The Labute approximate surface area is 142 Å². The molecule has 2 N–H and O–H groups in total. The van der Waals surface area contributed by atoms with Crippen LogP contribution in [0.5, 0.6) is 0 Å². The zero-order chi connectivity index (χ0) is 16.4. The van der Waals surface area contributed by atoms with Crippen LogP contribution in [0.2, 0.25) is 0 Å². The first kappa shape index (κ1) is 14.6. The van der Waals surface area contributed by atoms with Crippen molar-refractivity contribution in [3.63, 3.8) is 0 Å². The fourth-order valence-corrected chi connectivity index (χ4v) is 3.36. The average molecular weight is 312 g/mol. The smallest absolute Gasteiger partial charge is 0.0871 e. The highest BCUT2D eigenvalue weighted by molar-refractivity contribution is 5.85. The second-order valence-corrected chi connectivity index (χ2v) is 6.23. The third kappa shape index (κ3) is 2.46. The molecule has 24 heavy (non-hydrogen) atoms. The molecule has 2 heteroatoms. The molecule has 4 aromatic rings. The van der Waals surface area contributed by atoms with Gasteiger partial charge in [0.2, 0.25) is 0 Å².